The zero-order chi connectivity index (χ0) is 12.3. The predicted molar refractivity (Wildman–Crippen MR) is 61.4 cm³/mol. The zero-order valence-electron chi connectivity index (χ0n) is 9.30. The summed E-state index contributed by atoms with van der Waals surface area (Å²) in [5.74, 6) is -0.280. The topological polar surface area (TPSA) is 79.8 Å². The number of nitrogens with one attached hydrogen (secondary N) is 2. The lowest BCUT2D eigenvalue weighted by Gasteiger charge is -2.04. The molecule has 0 saturated carbocycles. The van der Waals surface area contributed by atoms with Gasteiger partial charge in [0.2, 0.25) is 0 Å². The number of carbonyl (C=O) groups excluding carboxylic acids is 1. The van der Waals surface area contributed by atoms with Gasteiger partial charge >= 0.3 is 0 Å². The third-order valence-electron chi connectivity index (χ3n) is 2.36. The Morgan fingerprint density at radius 3 is 3.00 bits per heavy atom. The van der Waals surface area contributed by atoms with Crippen LogP contribution in [-0.2, 0) is 13.6 Å². The third-order valence-corrected chi connectivity index (χ3v) is 2.36. The largest absolute Gasteiger partial charge is 0.346 e. The highest BCUT2D eigenvalue weighted by atomic mass is 16.2. The Morgan fingerprint density at radius 1 is 1.53 bits per heavy atom. The summed E-state index contributed by atoms with van der Waals surface area (Å²) in [5.41, 5.74) is 0.953. The van der Waals surface area contributed by atoms with Crippen molar-refractivity contribution in [2.24, 2.45) is 7.05 Å². The summed E-state index contributed by atoms with van der Waals surface area (Å²) < 4.78 is 1.41. The number of amides is 1. The Kier molecular flexibility index (Phi) is 3.04. The summed E-state index contributed by atoms with van der Waals surface area (Å²) in [6, 6.07) is 4.68. The van der Waals surface area contributed by atoms with E-state index >= 15 is 0 Å². The second-order valence-electron chi connectivity index (χ2n) is 3.63. The van der Waals surface area contributed by atoms with E-state index in [4.69, 9.17) is 0 Å². The van der Waals surface area contributed by atoms with E-state index in [1.54, 1.807) is 31.6 Å². The minimum Gasteiger partial charge on any atom is -0.346 e. The lowest BCUT2D eigenvalue weighted by atomic mass is 10.2. The molecule has 88 valence electrons. The number of hydrogen-bond donors (Lipinski definition) is 2. The Morgan fingerprint density at radius 2 is 2.35 bits per heavy atom. The van der Waals surface area contributed by atoms with E-state index in [-0.39, 0.29) is 11.5 Å². The summed E-state index contributed by atoms with van der Waals surface area (Å²) in [4.78, 5) is 23.1. The van der Waals surface area contributed by atoms with Gasteiger partial charge in [0.25, 0.3) is 11.5 Å². The SMILES string of the molecule is Cn1ccc(C(=O)NCc2ccn[nH]2)cc1=O. The van der Waals surface area contributed by atoms with E-state index < -0.39 is 0 Å². The van der Waals surface area contributed by atoms with E-state index in [1.807, 2.05) is 0 Å². The molecule has 0 unspecified atom stereocenters. The Bertz CT molecular complexity index is 571. The van der Waals surface area contributed by atoms with Gasteiger partial charge in [0.15, 0.2) is 0 Å². The van der Waals surface area contributed by atoms with Gasteiger partial charge in [-0.15, -0.1) is 0 Å². The molecule has 2 aromatic rings. The molecular weight excluding hydrogens is 220 g/mol. The molecule has 6 heteroatoms. The summed E-state index contributed by atoms with van der Waals surface area (Å²) in [7, 11) is 1.63. The number of aromatic nitrogens is 3. The Labute approximate surface area is 97.3 Å². The van der Waals surface area contributed by atoms with Crippen molar-refractivity contribution in [3.63, 3.8) is 0 Å². The number of pyridine rings is 1. The standard InChI is InChI=1S/C11H12N4O2/c1-15-5-3-8(6-10(15)16)11(17)12-7-9-2-4-13-14-9/h2-6H,7H2,1H3,(H,12,17)(H,13,14). The predicted octanol–water partition coefficient (Wildman–Crippen LogP) is 0.0384. The molecule has 2 N–H and O–H groups in total. The first-order valence-electron chi connectivity index (χ1n) is 5.10. The van der Waals surface area contributed by atoms with Gasteiger partial charge in [-0.25, -0.2) is 0 Å². The highest BCUT2D eigenvalue weighted by Crippen LogP contribution is 1.96. The average Bonchev–Trinajstić information content (AvgIpc) is 2.82. The molecule has 2 aromatic heterocycles. The van der Waals surface area contributed by atoms with Crippen molar-refractivity contribution in [1.82, 2.24) is 20.1 Å². The van der Waals surface area contributed by atoms with E-state index in [9.17, 15) is 9.59 Å². The quantitative estimate of drug-likeness (QED) is 0.784. The maximum atomic E-state index is 11.7. The molecule has 0 radical (unpaired) electrons. The highest BCUT2D eigenvalue weighted by Gasteiger charge is 2.06. The first-order valence-corrected chi connectivity index (χ1v) is 5.10. The van der Waals surface area contributed by atoms with Gasteiger partial charge in [-0.3, -0.25) is 14.7 Å². The molecule has 1 amide bonds. The number of rotatable bonds is 3. The molecule has 2 heterocycles. The number of hydrogen-bond acceptors (Lipinski definition) is 3. The monoisotopic (exact) mass is 232 g/mol. The van der Waals surface area contributed by atoms with E-state index in [0.29, 0.717) is 12.1 Å². The minimum absolute atomic E-state index is 0.209. The molecular formula is C11H12N4O2. The highest BCUT2D eigenvalue weighted by molar-refractivity contribution is 5.93. The van der Waals surface area contributed by atoms with Crippen molar-refractivity contribution in [3.8, 4) is 0 Å². The van der Waals surface area contributed by atoms with Gasteiger partial charge in [0, 0.05) is 31.1 Å². The van der Waals surface area contributed by atoms with Gasteiger partial charge in [0.1, 0.15) is 0 Å². The molecule has 0 bridgehead atoms. The maximum absolute atomic E-state index is 11.7. The molecule has 17 heavy (non-hydrogen) atoms. The van der Waals surface area contributed by atoms with Crippen molar-refractivity contribution >= 4 is 5.91 Å². The van der Waals surface area contributed by atoms with Gasteiger partial charge in [0.05, 0.1) is 12.2 Å². The van der Waals surface area contributed by atoms with E-state index in [2.05, 4.69) is 15.5 Å². The lowest BCUT2D eigenvalue weighted by Crippen LogP contribution is -2.25. The second kappa shape index (κ2) is 4.65. The van der Waals surface area contributed by atoms with Crippen molar-refractivity contribution in [3.05, 3.63) is 52.2 Å². The summed E-state index contributed by atoms with van der Waals surface area (Å²) in [5, 5.41) is 9.19. The molecule has 0 aliphatic carbocycles. The summed E-state index contributed by atoms with van der Waals surface area (Å²) in [6.45, 7) is 0.355. The molecule has 0 aromatic carbocycles. The van der Waals surface area contributed by atoms with E-state index in [1.165, 1.54) is 10.6 Å². The van der Waals surface area contributed by atoms with Crippen molar-refractivity contribution in [2.45, 2.75) is 6.54 Å². The second-order valence-corrected chi connectivity index (χ2v) is 3.63. The molecule has 0 aliphatic rings. The first-order chi connectivity index (χ1) is 8.16. The summed E-state index contributed by atoms with van der Waals surface area (Å²) >= 11 is 0. The van der Waals surface area contributed by atoms with Crippen LogP contribution in [0.1, 0.15) is 16.1 Å². The fraction of sp³-hybridized carbons (Fsp3) is 0.182. The van der Waals surface area contributed by atoms with Crippen LogP contribution in [0.5, 0.6) is 0 Å². The number of H-pyrrole nitrogens is 1. The van der Waals surface area contributed by atoms with Gasteiger partial charge in [-0.1, -0.05) is 0 Å². The van der Waals surface area contributed by atoms with Crippen LogP contribution in [0, 0.1) is 0 Å². The molecule has 0 saturated heterocycles. The molecule has 2 rings (SSSR count). The smallest absolute Gasteiger partial charge is 0.251 e. The Balaban J connectivity index is 2.04. The van der Waals surface area contributed by atoms with Crippen LogP contribution in [0.25, 0.3) is 0 Å². The average molecular weight is 232 g/mol. The van der Waals surface area contributed by atoms with Crippen LogP contribution in [0.3, 0.4) is 0 Å². The lowest BCUT2D eigenvalue weighted by molar-refractivity contribution is 0.0950. The normalized spacial score (nSPS) is 10.2. The van der Waals surface area contributed by atoms with Crippen molar-refractivity contribution in [1.29, 1.82) is 0 Å². The van der Waals surface area contributed by atoms with Crippen LogP contribution >= 0.6 is 0 Å². The van der Waals surface area contributed by atoms with Crippen LogP contribution in [0.15, 0.2) is 35.4 Å². The zero-order valence-corrected chi connectivity index (χ0v) is 9.30. The number of carbonyl (C=O) groups is 1. The van der Waals surface area contributed by atoms with Crippen molar-refractivity contribution in [2.75, 3.05) is 0 Å². The van der Waals surface area contributed by atoms with Crippen molar-refractivity contribution < 1.29 is 4.79 Å². The van der Waals surface area contributed by atoms with Crippen LogP contribution < -0.4 is 10.9 Å². The van der Waals surface area contributed by atoms with Gasteiger partial charge < -0.3 is 9.88 Å². The maximum Gasteiger partial charge on any atom is 0.251 e. The molecule has 0 spiro atoms. The van der Waals surface area contributed by atoms with Gasteiger partial charge in [-0.05, 0) is 12.1 Å². The van der Waals surface area contributed by atoms with Crippen LogP contribution in [0.4, 0.5) is 0 Å². The minimum atomic E-state index is -0.280. The molecule has 6 nitrogen and oxygen atoms in total. The number of aryl methyl sites for hydroxylation is 1. The molecule has 0 atom stereocenters. The number of aromatic amines is 1. The van der Waals surface area contributed by atoms with Crippen LogP contribution in [-0.4, -0.2) is 20.7 Å². The summed E-state index contributed by atoms with van der Waals surface area (Å²) in [6.07, 6.45) is 3.17. The van der Waals surface area contributed by atoms with E-state index in [0.717, 1.165) is 5.69 Å². The number of nitrogens with zero attached hydrogens (tertiary/aromatic N) is 2. The first kappa shape index (κ1) is 11.1. The fourth-order valence-electron chi connectivity index (χ4n) is 1.35. The molecule has 0 fully saturated rings. The van der Waals surface area contributed by atoms with Crippen LogP contribution in [0.2, 0.25) is 0 Å². The Hall–Kier alpha value is -2.37. The molecule has 0 aliphatic heterocycles. The third kappa shape index (κ3) is 2.60. The fourth-order valence-corrected chi connectivity index (χ4v) is 1.35. The van der Waals surface area contributed by atoms with Gasteiger partial charge in [-0.2, -0.15) is 5.10 Å².